The van der Waals surface area contributed by atoms with Gasteiger partial charge in [-0.25, -0.2) is 4.39 Å². The van der Waals surface area contributed by atoms with Crippen LogP contribution in [-0.2, 0) is 4.79 Å². The monoisotopic (exact) mass is 240 g/mol. The summed E-state index contributed by atoms with van der Waals surface area (Å²) in [6.07, 6.45) is 0. The van der Waals surface area contributed by atoms with Gasteiger partial charge in [-0.15, -0.1) is 11.8 Å². The largest absolute Gasteiger partial charge is 0.322 e. The smallest absolute Gasteiger partial charge is 0.240 e. The molecule has 0 aliphatic carbocycles. The highest BCUT2D eigenvalue weighted by Gasteiger charge is 2.28. The van der Waals surface area contributed by atoms with Gasteiger partial charge in [-0.2, -0.15) is 0 Å². The van der Waals surface area contributed by atoms with Crippen LogP contribution < -0.4 is 10.6 Å². The normalized spacial score (nSPS) is 19.4. The minimum Gasteiger partial charge on any atom is -0.322 e. The second kappa shape index (κ2) is 4.43. The summed E-state index contributed by atoms with van der Waals surface area (Å²) in [5.74, 6) is -0.600. The molecule has 1 aromatic carbocycles. The number of thioether (sulfide) groups is 1. The lowest BCUT2D eigenvalue weighted by molar-refractivity contribution is -0.117. The van der Waals surface area contributed by atoms with Crippen LogP contribution in [0.25, 0.3) is 0 Å². The molecule has 0 saturated carbocycles. The van der Waals surface area contributed by atoms with Crippen LogP contribution in [0.15, 0.2) is 23.1 Å². The molecular weight excluding hydrogens is 227 g/mol. The molecule has 0 radical (unpaired) electrons. The van der Waals surface area contributed by atoms with Crippen molar-refractivity contribution in [2.24, 2.45) is 5.73 Å². The molecule has 2 rings (SSSR count). The quantitative estimate of drug-likeness (QED) is 0.811. The predicted octanol–water partition coefficient (Wildman–Crippen LogP) is 1.61. The van der Waals surface area contributed by atoms with Crippen molar-refractivity contribution in [3.63, 3.8) is 0 Å². The van der Waals surface area contributed by atoms with E-state index in [0.717, 1.165) is 4.90 Å². The summed E-state index contributed by atoms with van der Waals surface area (Å²) in [6.45, 7) is 2.43. The Morgan fingerprint density at radius 1 is 1.69 bits per heavy atom. The fourth-order valence-corrected chi connectivity index (χ4v) is 2.93. The molecule has 0 aromatic heterocycles. The van der Waals surface area contributed by atoms with E-state index >= 15 is 0 Å². The second-order valence-electron chi connectivity index (χ2n) is 3.72. The van der Waals surface area contributed by atoms with E-state index in [1.165, 1.54) is 11.0 Å². The summed E-state index contributed by atoms with van der Waals surface area (Å²) < 4.78 is 13.7. The van der Waals surface area contributed by atoms with Crippen molar-refractivity contribution >= 4 is 23.4 Å². The average molecular weight is 240 g/mol. The number of anilines is 1. The maximum Gasteiger partial charge on any atom is 0.240 e. The number of halogens is 1. The van der Waals surface area contributed by atoms with Crippen molar-refractivity contribution in [2.45, 2.75) is 17.1 Å². The molecule has 86 valence electrons. The number of amides is 1. The van der Waals surface area contributed by atoms with Gasteiger partial charge in [0.15, 0.2) is 0 Å². The van der Waals surface area contributed by atoms with Gasteiger partial charge in [-0.3, -0.25) is 4.79 Å². The van der Waals surface area contributed by atoms with Crippen LogP contribution in [0.3, 0.4) is 0 Å². The molecule has 1 atom stereocenters. The highest BCUT2D eigenvalue weighted by atomic mass is 32.2. The van der Waals surface area contributed by atoms with E-state index in [9.17, 15) is 9.18 Å². The first-order valence-corrected chi connectivity index (χ1v) is 5.97. The molecule has 1 aromatic rings. The molecule has 1 aliphatic heterocycles. The van der Waals surface area contributed by atoms with Crippen molar-refractivity contribution in [2.75, 3.05) is 18.0 Å². The summed E-state index contributed by atoms with van der Waals surface area (Å²) in [5, 5.41) is 0.254. The zero-order chi connectivity index (χ0) is 11.7. The first-order chi connectivity index (χ1) is 7.63. The Bertz CT molecular complexity index is 424. The molecule has 0 spiro atoms. The van der Waals surface area contributed by atoms with Crippen LogP contribution in [0, 0.1) is 5.82 Å². The Morgan fingerprint density at radius 3 is 3.12 bits per heavy atom. The van der Waals surface area contributed by atoms with Crippen LogP contribution in [0.1, 0.15) is 6.92 Å². The minimum absolute atomic E-state index is 0.0921. The summed E-state index contributed by atoms with van der Waals surface area (Å²) >= 11 is 1.58. The van der Waals surface area contributed by atoms with E-state index in [2.05, 4.69) is 0 Å². The number of hydrogen-bond acceptors (Lipinski definition) is 3. The standard InChI is InChI=1S/C11H13FN2OS/c1-7-6-14(10(15)5-13)11-8(12)3-2-4-9(11)16-7/h2-4,7H,5-6,13H2,1H3. The van der Waals surface area contributed by atoms with Crippen molar-refractivity contribution in [3.05, 3.63) is 24.0 Å². The van der Waals surface area contributed by atoms with E-state index in [1.54, 1.807) is 17.8 Å². The molecule has 1 heterocycles. The van der Waals surface area contributed by atoms with Crippen LogP contribution in [0.4, 0.5) is 10.1 Å². The lowest BCUT2D eigenvalue weighted by Crippen LogP contribution is -2.42. The van der Waals surface area contributed by atoms with Gasteiger partial charge in [0.25, 0.3) is 0 Å². The lowest BCUT2D eigenvalue weighted by Gasteiger charge is -2.32. The van der Waals surface area contributed by atoms with Gasteiger partial charge in [0.1, 0.15) is 5.82 Å². The molecular formula is C11H13FN2OS. The van der Waals surface area contributed by atoms with Crippen LogP contribution >= 0.6 is 11.8 Å². The zero-order valence-electron chi connectivity index (χ0n) is 8.94. The first kappa shape index (κ1) is 11.4. The highest BCUT2D eigenvalue weighted by Crippen LogP contribution is 2.39. The molecule has 2 N–H and O–H groups in total. The molecule has 0 bridgehead atoms. The number of fused-ring (bicyclic) bond motifs is 1. The van der Waals surface area contributed by atoms with Crippen LogP contribution in [-0.4, -0.2) is 24.2 Å². The third-order valence-electron chi connectivity index (χ3n) is 2.46. The van der Waals surface area contributed by atoms with Gasteiger partial charge >= 0.3 is 0 Å². The van der Waals surface area contributed by atoms with Crippen molar-refractivity contribution < 1.29 is 9.18 Å². The number of para-hydroxylation sites is 1. The number of rotatable bonds is 1. The summed E-state index contributed by atoms with van der Waals surface area (Å²) in [4.78, 5) is 13.9. The van der Waals surface area contributed by atoms with E-state index in [-0.39, 0.29) is 23.5 Å². The van der Waals surface area contributed by atoms with Crippen molar-refractivity contribution in [1.82, 2.24) is 0 Å². The van der Waals surface area contributed by atoms with E-state index in [4.69, 9.17) is 5.73 Å². The minimum atomic E-state index is -0.362. The molecule has 1 unspecified atom stereocenters. The van der Waals surface area contributed by atoms with Gasteiger partial charge < -0.3 is 10.6 Å². The fraction of sp³-hybridized carbons (Fsp3) is 0.364. The molecule has 16 heavy (non-hydrogen) atoms. The number of carbonyl (C=O) groups excluding carboxylic acids is 1. The third-order valence-corrected chi connectivity index (χ3v) is 3.60. The maximum atomic E-state index is 13.7. The third kappa shape index (κ3) is 1.92. The Labute approximate surface area is 97.8 Å². The summed E-state index contributed by atoms with van der Waals surface area (Å²) in [5.41, 5.74) is 5.71. The first-order valence-electron chi connectivity index (χ1n) is 5.09. The van der Waals surface area contributed by atoms with Gasteiger partial charge in [-0.05, 0) is 12.1 Å². The highest BCUT2D eigenvalue weighted by molar-refractivity contribution is 8.00. The molecule has 0 fully saturated rings. The predicted molar refractivity (Wildman–Crippen MR) is 63.1 cm³/mol. The Hall–Kier alpha value is -1.07. The number of benzene rings is 1. The van der Waals surface area contributed by atoms with E-state index in [0.29, 0.717) is 12.2 Å². The molecule has 5 heteroatoms. The molecule has 1 amide bonds. The van der Waals surface area contributed by atoms with Gasteiger partial charge in [0.05, 0.1) is 12.2 Å². The zero-order valence-corrected chi connectivity index (χ0v) is 9.76. The van der Waals surface area contributed by atoms with E-state index in [1.807, 2.05) is 13.0 Å². The number of nitrogens with zero attached hydrogens (tertiary/aromatic N) is 1. The number of nitrogens with two attached hydrogens (primary N) is 1. The molecule has 1 aliphatic rings. The SMILES string of the molecule is CC1CN(C(=O)CN)c2c(F)cccc2S1. The maximum absolute atomic E-state index is 13.7. The van der Waals surface area contributed by atoms with Crippen molar-refractivity contribution in [1.29, 1.82) is 0 Å². The Balaban J connectivity index is 2.47. The van der Waals surface area contributed by atoms with Gasteiger partial charge in [0.2, 0.25) is 5.91 Å². The molecule has 0 saturated heterocycles. The fourth-order valence-electron chi connectivity index (χ4n) is 1.79. The lowest BCUT2D eigenvalue weighted by atomic mass is 10.2. The van der Waals surface area contributed by atoms with E-state index < -0.39 is 0 Å². The van der Waals surface area contributed by atoms with Gasteiger partial charge in [-0.1, -0.05) is 13.0 Å². The van der Waals surface area contributed by atoms with Crippen molar-refractivity contribution in [3.8, 4) is 0 Å². The van der Waals surface area contributed by atoms with Gasteiger partial charge in [0, 0.05) is 16.7 Å². The second-order valence-corrected chi connectivity index (χ2v) is 5.20. The Kier molecular flexibility index (Phi) is 3.16. The summed E-state index contributed by atoms with van der Waals surface area (Å²) in [7, 11) is 0. The number of carbonyl (C=O) groups is 1. The average Bonchev–Trinajstić information content (AvgIpc) is 2.27. The number of hydrogen-bond donors (Lipinski definition) is 1. The van der Waals surface area contributed by atoms with Crippen LogP contribution in [0.2, 0.25) is 0 Å². The summed E-state index contributed by atoms with van der Waals surface area (Å²) in [6, 6.07) is 4.85. The topological polar surface area (TPSA) is 46.3 Å². The Morgan fingerprint density at radius 2 is 2.44 bits per heavy atom. The molecule has 3 nitrogen and oxygen atoms in total. The van der Waals surface area contributed by atoms with Crippen LogP contribution in [0.5, 0.6) is 0 Å².